The number of benzene rings is 1. The van der Waals surface area contributed by atoms with Crippen LogP contribution in [-0.2, 0) is 9.59 Å². The standard InChI is InChI=1S/C14H13NO5S2/c1-19-9-4-3-8(5-10(9)20-2)6-11-13(18)15(7-12(16)17)14(21)22-11/h3-6H,7H2,1-2H3,(H,16,17). The van der Waals surface area contributed by atoms with Crippen LogP contribution in [0, 0.1) is 0 Å². The summed E-state index contributed by atoms with van der Waals surface area (Å²) in [6.45, 7) is -0.437. The van der Waals surface area contributed by atoms with Crippen LogP contribution in [0.25, 0.3) is 6.08 Å². The molecule has 1 aliphatic heterocycles. The molecule has 0 atom stereocenters. The summed E-state index contributed by atoms with van der Waals surface area (Å²) in [4.78, 5) is 24.4. The third-order valence-corrected chi connectivity index (χ3v) is 4.25. The maximum absolute atomic E-state index is 12.2. The van der Waals surface area contributed by atoms with E-state index in [-0.39, 0.29) is 4.32 Å². The number of nitrogens with zero attached hydrogens (tertiary/aromatic N) is 1. The summed E-state index contributed by atoms with van der Waals surface area (Å²) in [5.74, 6) is -0.397. The molecule has 1 aromatic rings. The highest BCUT2D eigenvalue weighted by Crippen LogP contribution is 2.34. The van der Waals surface area contributed by atoms with Crippen LogP contribution in [0.15, 0.2) is 23.1 Å². The average molecular weight is 339 g/mol. The molecule has 6 nitrogen and oxygen atoms in total. The van der Waals surface area contributed by atoms with Crippen LogP contribution >= 0.6 is 24.0 Å². The molecule has 116 valence electrons. The minimum Gasteiger partial charge on any atom is -0.493 e. The highest BCUT2D eigenvalue weighted by Gasteiger charge is 2.33. The van der Waals surface area contributed by atoms with Crippen molar-refractivity contribution in [2.45, 2.75) is 0 Å². The molecule has 0 spiro atoms. The predicted octanol–water partition coefficient (Wildman–Crippen LogP) is 1.99. The van der Waals surface area contributed by atoms with E-state index < -0.39 is 18.4 Å². The largest absolute Gasteiger partial charge is 0.493 e. The molecule has 1 aliphatic rings. The van der Waals surface area contributed by atoms with E-state index >= 15 is 0 Å². The van der Waals surface area contributed by atoms with Gasteiger partial charge in [-0.05, 0) is 23.8 Å². The minimum absolute atomic E-state index is 0.235. The number of carbonyl (C=O) groups is 2. The Hall–Kier alpha value is -2.06. The molecule has 1 aromatic carbocycles. The SMILES string of the molecule is COc1ccc(C=C2SC(=S)N(CC(=O)O)C2=O)cc1OC. The minimum atomic E-state index is -1.11. The second-order valence-electron chi connectivity index (χ2n) is 4.28. The van der Waals surface area contributed by atoms with Gasteiger partial charge in [-0.2, -0.15) is 0 Å². The normalized spacial score (nSPS) is 16.3. The predicted molar refractivity (Wildman–Crippen MR) is 87.1 cm³/mol. The maximum Gasteiger partial charge on any atom is 0.323 e. The smallest absolute Gasteiger partial charge is 0.323 e. The summed E-state index contributed by atoms with van der Waals surface area (Å²) in [6, 6.07) is 5.22. The fourth-order valence-corrected chi connectivity index (χ4v) is 3.12. The maximum atomic E-state index is 12.2. The number of carbonyl (C=O) groups excluding carboxylic acids is 1. The van der Waals surface area contributed by atoms with Gasteiger partial charge in [0.25, 0.3) is 5.91 Å². The topological polar surface area (TPSA) is 76.1 Å². The molecule has 22 heavy (non-hydrogen) atoms. The molecular formula is C14H13NO5S2. The number of amides is 1. The van der Waals surface area contributed by atoms with Gasteiger partial charge in [0.1, 0.15) is 10.9 Å². The molecule has 8 heteroatoms. The van der Waals surface area contributed by atoms with Crippen molar-refractivity contribution in [3.8, 4) is 11.5 Å². The summed E-state index contributed by atoms with van der Waals surface area (Å²) >= 11 is 6.11. The van der Waals surface area contributed by atoms with E-state index in [1.165, 1.54) is 14.2 Å². The second kappa shape index (κ2) is 6.80. The Kier molecular flexibility index (Phi) is 5.04. The number of hydrogen-bond acceptors (Lipinski definition) is 6. The van der Waals surface area contributed by atoms with Crippen molar-refractivity contribution in [2.24, 2.45) is 0 Å². The number of carboxylic acid groups (broad SMARTS) is 1. The summed E-state index contributed by atoms with van der Waals surface area (Å²) in [6.07, 6.45) is 1.64. The number of methoxy groups -OCH3 is 2. The van der Waals surface area contributed by atoms with Gasteiger partial charge < -0.3 is 14.6 Å². The van der Waals surface area contributed by atoms with E-state index in [0.717, 1.165) is 22.2 Å². The first-order chi connectivity index (χ1) is 10.5. The first kappa shape index (κ1) is 16.3. The first-order valence-electron chi connectivity index (χ1n) is 6.15. The van der Waals surface area contributed by atoms with Crippen LogP contribution in [0.1, 0.15) is 5.56 Å². The summed E-state index contributed by atoms with van der Waals surface area (Å²) < 4.78 is 10.6. The van der Waals surface area contributed by atoms with Gasteiger partial charge in [-0.25, -0.2) is 0 Å². The van der Waals surface area contributed by atoms with Crippen LogP contribution in [0.5, 0.6) is 11.5 Å². The lowest BCUT2D eigenvalue weighted by Gasteiger charge is -2.10. The van der Waals surface area contributed by atoms with Gasteiger partial charge in [0.15, 0.2) is 11.5 Å². The van der Waals surface area contributed by atoms with Crippen molar-refractivity contribution in [3.05, 3.63) is 28.7 Å². The lowest BCUT2D eigenvalue weighted by molar-refractivity contribution is -0.140. The fraction of sp³-hybridized carbons (Fsp3) is 0.214. The Morgan fingerprint density at radius 1 is 1.36 bits per heavy atom. The highest BCUT2D eigenvalue weighted by molar-refractivity contribution is 8.26. The van der Waals surface area contributed by atoms with Gasteiger partial charge in [0.2, 0.25) is 0 Å². The molecule has 0 saturated carbocycles. The molecule has 0 aromatic heterocycles. The van der Waals surface area contributed by atoms with Crippen molar-refractivity contribution < 1.29 is 24.2 Å². The van der Waals surface area contributed by atoms with E-state index in [9.17, 15) is 9.59 Å². The average Bonchev–Trinajstić information content (AvgIpc) is 2.74. The Labute approximate surface area is 136 Å². The zero-order chi connectivity index (χ0) is 16.3. The van der Waals surface area contributed by atoms with Crippen LogP contribution in [0.2, 0.25) is 0 Å². The Bertz CT molecular complexity index is 671. The summed E-state index contributed by atoms with van der Waals surface area (Å²) in [5, 5.41) is 8.80. The van der Waals surface area contributed by atoms with Crippen molar-refractivity contribution in [2.75, 3.05) is 20.8 Å². The van der Waals surface area contributed by atoms with Crippen LogP contribution in [-0.4, -0.2) is 47.0 Å². The number of carboxylic acids is 1. The first-order valence-corrected chi connectivity index (χ1v) is 7.38. The van der Waals surface area contributed by atoms with E-state index in [1.807, 2.05) is 0 Å². The quantitative estimate of drug-likeness (QED) is 0.649. The monoisotopic (exact) mass is 339 g/mol. The van der Waals surface area contributed by atoms with Gasteiger partial charge >= 0.3 is 5.97 Å². The fourth-order valence-electron chi connectivity index (χ4n) is 1.87. The Morgan fingerprint density at radius 2 is 2.05 bits per heavy atom. The molecule has 1 amide bonds. The molecule has 1 fully saturated rings. The number of thiocarbonyl (C=S) groups is 1. The molecule has 1 saturated heterocycles. The van der Waals surface area contributed by atoms with E-state index in [0.29, 0.717) is 16.4 Å². The van der Waals surface area contributed by atoms with Gasteiger partial charge in [-0.3, -0.25) is 14.5 Å². The summed E-state index contributed by atoms with van der Waals surface area (Å²) in [7, 11) is 3.06. The number of ether oxygens (including phenoxy) is 2. The van der Waals surface area contributed by atoms with E-state index in [1.54, 1.807) is 24.3 Å². The number of hydrogen-bond donors (Lipinski definition) is 1. The highest BCUT2D eigenvalue weighted by atomic mass is 32.2. The number of aliphatic carboxylic acids is 1. The van der Waals surface area contributed by atoms with Gasteiger partial charge in [-0.15, -0.1) is 0 Å². The molecule has 0 bridgehead atoms. The second-order valence-corrected chi connectivity index (χ2v) is 5.95. The van der Waals surface area contributed by atoms with Crippen molar-refractivity contribution in [1.82, 2.24) is 4.90 Å². The van der Waals surface area contributed by atoms with Crippen LogP contribution < -0.4 is 9.47 Å². The molecule has 2 rings (SSSR count). The molecule has 0 unspecified atom stereocenters. The van der Waals surface area contributed by atoms with Crippen molar-refractivity contribution in [1.29, 1.82) is 0 Å². The number of rotatable bonds is 5. The van der Waals surface area contributed by atoms with Crippen molar-refractivity contribution in [3.63, 3.8) is 0 Å². The molecule has 0 aliphatic carbocycles. The molecule has 1 heterocycles. The van der Waals surface area contributed by atoms with Gasteiger partial charge in [-0.1, -0.05) is 30.0 Å². The molecule has 0 radical (unpaired) electrons. The lowest BCUT2D eigenvalue weighted by atomic mass is 10.2. The third-order valence-electron chi connectivity index (χ3n) is 2.87. The van der Waals surface area contributed by atoms with Gasteiger partial charge in [0, 0.05) is 0 Å². The molecule has 1 N–H and O–H groups in total. The van der Waals surface area contributed by atoms with Crippen LogP contribution in [0.3, 0.4) is 0 Å². The third kappa shape index (κ3) is 3.40. The van der Waals surface area contributed by atoms with Gasteiger partial charge in [0.05, 0.1) is 19.1 Å². The molecular weight excluding hydrogens is 326 g/mol. The van der Waals surface area contributed by atoms with Crippen LogP contribution in [0.4, 0.5) is 0 Å². The van der Waals surface area contributed by atoms with E-state index in [2.05, 4.69) is 0 Å². The zero-order valence-corrected chi connectivity index (χ0v) is 13.5. The Morgan fingerprint density at radius 3 is 2.64 bits per heavy atom. The zero-order valence-electron chi connectivity index (χ0n) is 11.9. The Balaban J connectivity index is 2.28. The summed E-state index contributed by atoms with van der Waals surface area (Å²) in [5.41, 5.74) is 0.730. The number of thioether (sulfide) groups is 1. The van der Waals surface area contributed by atoms with E-state index in [4.69, 9.17) is 26.8 Å². The van der Waals surface area contributed by atoms with Crippen molar-refractivity contribution >= 4 is 46.3 Å². The lowest BCUT2D eigenvalue weighted by Crippen LogP contribution is -2.33.